The zero-order chi connectivity index (χ0) is 32.7. The molecule has 2 aromatic rings. The molecule has 0 radical (unpaired) electrons. The molecule has 0 saturated heterocycles. The first-order valence-electron chi connectivity index (χ1n) is 15.5. The summed E-state index contributed by atoms with van der Waals surface area (Å²) >= 11 is 14.9. The number of hydrogen-bond acceptors (Lipinski definition) is 6. The number of amides is 2. The Morgan fingerprint density at radius 2 is 1.91 bits per heavy atom. The maximum absolute atomic E-state index is 14.2. The quantitative estimate of drug-likeness (QED) is 0.228. The van der Waals surface area contributed by atoms with E-state index in [0.29, 0.717) is 44.7 Å². The SMILES string of the molecule is CC1CCC(C(C)C)C(OCC(=O)N(Cc2ccc(Cl)cc2Cl)C2CC(C(=O)NCCO)=CC(Oc3ccccc3I)C2O)C1. The van der Waals surface area contributed by atoms with Crippen LogP contribution in [-0.4, -0.2) is 71.0 Å². The Labute approximate surface area is 289 Å². The van der Waals surface area contributed by atoms with Crippen LogP contribution in [0.3, 0.4) is 0 Å². The van der Waals surface area contributed by atoms with E-state index in [2.05, 4.69) is 48.7 Å². The van der Waals surface area contributed by atoms with E-state index in [1.54, 1.807) is 35.2 Å². The Morgan fingerprint density at radius 3 is 2.60 bits per heavy atom. The van der Waals surface area contributed by atoms with Crippen molar-refractivity contribution in [3.05, 3.63) is 73.3 Å². The van der Waals surface area contributed by atoms with Crippen molar-refractivity contribution in [1.29, 1.82) is 0 Å². The van der Waals surface area contributed by atoms with Crippen molar-refractivity contribution < 1.29 is 29.3 Å². The maximum atomic E-state index is 14.2. The summed E-state index contributed by atoms with van der Waals surface area (Å²) in [6.07, 6.45) is 2.58. The third kappa shape index (κ3) is 9.58. The Kier molecular flexibility index (Phi) is 13.4. The summed E-state index contributed by atoms with van der Waals surface area (Å²) in [5, 5.41) is 24.6. The van der Waals surface area contributed by atoms with Gasteiger partial charge < -0.3 is 29.9 Å². The minimum Gasteiger partial charge on any atom is -0.482 e. The molecule has 2 aliphatic carbocycles. The highest BCUT2D eigenvalue weighted by Crippen LogP contribution is 2.36. The molecule has 6 unspecified atom stereocenters. The van der Waals surface area contributed by atoms with Gasteiger partial charge in [-0.1, -0.05) is 68.6 Å². The molecule has 246 valence electrons. The molecule has 4 rings (SSSR count). The molecule has 8 nitrogen and oxygen atoms in total. The number of rotatable bonds is 12. The Balaban J connectivity index is 1.67. The number of carbonyl (C=O) groups excluding carboxylic acids is 2. The van der Waals surface area contributed by atoms with Gasteiger partial charge in [0.2, 0.25) is 11.8 Å². The van der Waals surface area contributed by atoms with E-state index in [1.165, 1.54) is 0 Å². The minimum absolute atomic E-state index is 0.0501. The first kappa shape index (κ1) is 36.0. The average molecular weight is 774 g/mol. The van der Waals surface area contributed by atoms with Crippen LogP contribution in [0, 0.1) is 21.3 Å². The Hall–Kier alpha value is -1.89. The van der Waals surface area contributed by atoms with Gasteiger partial charge in [0.15, 0.2) is 0 Å². The fourth-order valence-electron chi connectivity index (χ4n) is 6.26. The second-order valence-electron chi connectivity index (χ2n) is 12.4. The standard InChI is InChI=1S/C34H43Cl2IN2O6/c1-20(2)25-11-8-21(3)14-30(25)44-19-32(41)39(18-22-9-10-24(35)17-26(22)36)28-15-23(34(43)38-12-13-40)16-31(33(28)42)45-29-7-5-4-6-27(29)37/h4-7,9-10,16-17,20-21,25,28,30-31,33,40,42H,8,11-15,18-19H2,1-3H3,(H,38,43). The molecule has 45 heavy (non-hydrogen) atoms. The molecule has 0 spiro atoms. The van der Waals surface area contributed by atoms with Crippen molar-refractivity contribution in [3.8, 4) is 5.75 Å². The number of benzene rings is 2. The molecule has 0 bridgehead atoms. The Morgan fingerprint density at radius 1 is 1.16 bits per heavy atom. The lowest BCUT2D eigenvalue weighted by molar-refractivity contribution is -0.149. The summed E-state index contributed by atoms with van der Waals surface area (Å²) in [6.45, 7) is 6.33. The van der Waals surface area contributed by atoms with Crippen LogP contribution in [0.5, 0.6) is 5.75 Å². The molecule has 11 heteroatoms. The van der Waals surface area contributed by atoms with Gasteiger partial charge in [-0.15, -0.1) is 0 Å². The van der Waals surface area contributed by atoms with Gasteiger partial charge in [0.05, 0.1) is 22.3 Å². The normalized spacial score (nSPS) is 25.0. The summed E-state index contributed by atoms with van der Waals surface area (Å²) in [4.78, 5) is 28.9. The number of para-hydroxylation sites is 1. The first-order chi connectivity index (χ1) is 21.5. The lowest BCUT2D eigenvalue weighted by Gasteiger charge is -2.41. The van der Waals surface area contributed by atoms with E-state index in [-0.39, 0.29) is 44.7 Å². The van der Waals surface area contributed by atoms with Crippen LogP contribution >= 0.6 is 45.8 Å². The summed E-state index contributed by atoms with van der Waals surface area (Å²) in [7, 11) is 0. The first-order valence-corrected chi connectivity index (χ1v) is 17.4. The van der Waals surface area contributed by atoms with Gasteiger partial charge in [-0.3, -0.25) is 9.59 Å². The zero-order valence-electron chi connectivity index (χ0n) is 25.9. The molecule has 2 aliphatic rings. The van der Waals surface area contributed by atoms with Crippen LogP contribution < -0.4 is 10.1 Å². The van der Waals surface area contributed by atoms with Crippen LogP contribution in [0.25, 0.3) is 0 Å². The van der Waals surface area contributed by atoms with Crippen LogP contribution in [0.4, 0.5) is 0 Å². The smallest absolute Gasteiger partial charge is 0.249 e. The van der Waals surface area contributed by atoms with E-state index in [4.69, 9.17) is 32.7 Å². The van der Waals surface area contributed by atoms with Gasteiger partial charge in [0.1, 0.15) is 24.6 Å². The topological polar surface area (TPSA) is 108 Å². The van der Waals surface area contributed by atoms with Gasteiger partial charge in [-0.2, -0.15) is 0 Å². The third-order valence-electron chi connectivity index (χ3n) is 8.77. The molecule has 0 aromatic heterocycles. The van der Waals surface area contributed by atoms with Gasteiger partial charge in [-0.05, 0) is 89.1 Å². The van der Waals surface area contributed by atoms with E-state index >= 15 is 0 Å². The number of carbonyl (C=O) groups is 2. The molecule has 1 fully saturated rings. The van der Waals surface area contributed by atoms with Crippen molar-refractivity contribution in [3.63, 3.8) is 0 Å². The van der Waals surface area contributed by atoms with Crippen LogP contribution in [-0.2, 0) is 20.9 Å². The van der Waals surface area contributed by atoms with Gasteiger partial charge >= 0.3 is 0 Å². The van der Waals surface area contributed by atoms with Gasteiger partial charge in [0, 0.05) is 35.1 Å². The summed E-state index contributed by atoms with van der Waals surface area (Å²) < 4.78 is 13.5. The van der Waals surface area contributed by atoms with E-state index in [0.717, 1.165) is 22.8 Å². The van der Waals surface area contributed by atoms with Crippen LogP contribution in [0.1, 0.15) is 52.0 Å². The number of aliphatic hydroxyl groups is 2. The molecule has 6 atom stereocenters. The van der Waals surface area contributed by atoms with Crippen molar-refractivity contribution in [2.24, 2.45) is 17.8 Å². The average Bonchev–Trinajstić information content (AvgIpc) is 3.00. The second-order valence-corrected chi connectivity index (χ2v) is 14.4. The maximum Gasteiger partial charge on any atom is 0.249 e. The fourth-order valence-corrected chi connectivity index (χ4v) is 7.24. The third-order valence-corrected chi connectivity index (χ3v) is 10.3. The molecular weight excluding hydrogens is 730 g/mol. The van der Waals surface area contributed by atoms with Crippen LogP contribution in [0.15, 0.2) is 54.1 Å². The number of halogens is 3. The van der Waals surface area contributed by atoms with Crippen molar-refractivity contribution >= 4 is 57.6 Å². The molecular formula is C34H43Cl2IN2O6. The lowest BCUT2D eigenvalue weighted by Crippen LogP contribution is -2.55. The highest BCUT2D eigenvalue weighted by atomic mass is 127. The molecule has 3 N–H and O–H groups in total. The summed E-state index contributed by atoms with van der Waals surface area (Å²) in [5.41, 5.74) is 0.987. The van der Waals surface area contributed by atoms with Crippen molar-refractivity contribution in [2.45, 2.75) is 77.4 Å². The number of hydrogen-bond donors (Lipinski definition) is 3. The molecule has 0 heterocycles. The molecule has 2 amide bonds. The largest absolute Gasteiger partial charge is 0.482 e. The number of nitrogens with one attached hydrogen (secondary N) is 1. The zero-order valence-corrected chi connectivity index (χ0v) is 29.6. The highest BCUT2D eigenvalue weighted by molar-refractivity contribution is 14.1. The molecule has 1 saturated carbocycles. The summed E-state index contributed by atoms with van der Waals surface area (Å²) in [6, 6.07) is 11.6. The predicted octanol–water partition coefficient (Wildman–Crippen LogP) is 6.02. The highest BCUT2D eigenvalue weighted by Gasteiger charge is 2.41. The molecule has 2 aromatic carbocycles. The van der Waals surface area contributed by atoms with Gasteiger partial charge in [0.25, 0.3) is 0 Å². The van der Waals surface area contributed by atoms with E-state index < -0.39 is 24.2 Å². The number of ether oxygens (including phenoxy) is 2. The molecule has 0 aliphatic heterocycles. The predicted molar refractivity (Wildman–Crippen MR) is 184 cm³/mol. The monoisotopic (exact) mass is 772 g/mol. The number of nitrogens with zero attached hydrogens (tertiary/aromatic N) is 1. The van der Waals surface area contributed by atoms with Gasteiger partial charge in [-0.25, -0.2) is 0 Å². The lowest BCUT2D eigenvalue weighted by atomic mass is 9.75. The van der Waals surface area contributed by atoms with Crippen LogP contribution in [0.2, 0.25) is 10.0 Å². The van der Waals surface area contributed by atoms with Crippen molar-refractivity contribution in [2.75, 3.05) is 19.8 Å². The second kappa shape index (κ2) is 16.8. The summed E-state index contributed by atoms with van der Waals surface area (Å²) in [5.74, 6) is 1.10. The Bertz CT molecular complexity index is 1360. The minimum atomic E-state index is -1.18. The fraction of sp³-hybridized carbons (Fsp3) is 0.529. The van der Waals surface area contributed by atoms with E-state index in [9.17, 15) is 19.8 Å². The van der Waals surface area contributed by atoms with E-state index in [1.807, 2.05) is 18.2 Å². The number of aliphatic hydroxyl groups excluding tert-OH is 2. The van der Waals surface area contributed by atoms with Crippen molar-refractivity contribution in [1.82, 2.24) is 10.2 Å².